The van der Waals surface area contributed by atoms with E-state index in [0.29, 0.717) is 16.5 Å². The van der Waals surface area contributed by atoms with E-state index in [4.69, 9.17) is 11.6 Å². The second-order valence-electron chi connectivity index (χ2n) is 5.16. The molecule has 0 aliphatic heterocycles. The number of nitrogens with one attached hydrogen (secondary N) is 2. The van der Waals surface area contributed by atoms with Crippen molar-refractivity contribution >= 4 is 34.5 Å². The van der Waals surface area contributed by atoms with E-state index in [9.17, 15) is 4.79 Å². The van der Waals surface area contributed by atoms with Gasteiger partial charge in [0.1, 0.15) is 0 Å². The third-order valence-electron chi connectivity index (χ3n) is 3.28. The Morgan fingerprint density at radius 2 is 2.05 bits per heavy atom. The van der Waals surface area contributed by atoms with E-state index in [0.717, 1.165) is 5.69 Å². The Kier molecular flexibility index (Phi) is 5.26. The summed E-state index contributed by atoms with van der Waals surface area (Å²) < 4.78 is 0. The molecular weight excluding hydrogens is 304 g/mol. The van der Waals surface area contributed by atoms with Gasteiger partial charge in [0.2, 0.25) is 0 Å². The van der Waals surface area contributed by atoms with Crippen LogP contribution in [0.4, 0.5) is 5.69 Å². The number of carbonyl (C=O) groups excluding carboxylic acids is 1. The van der Waals surface area contributed by atoms with Crippen LogP contribution < -0.4 is 10.6 Å². The molecule has 1 aromatic carbocycles. The number of carbonyl (C=O) groups is 1. The maximum Gasteiger partial charge on any atom is 0.252 e. The Balaban J connectivity index is 2.27. The SMILES string of the molecule is CNC(=O)c1cc(NC(c2cccs2)C(C)C)ccc1Cl. The maximum absolute atomic E-state index is 11.8. The second kappa shape index (κ2) is 6.96. The number of rotatable bonds is 5. The Labute approximate surface area is 134 Å². The van der Waals surface area contributed by atoms with Crippen LogP contribution in [-0.4, -0.2) is 13.0 Å². The first-order chi connectivity index (χ1) is 10.0. The van der Waals surface area contributed by atoms with Crippen LogP contribution in [0, 0.1) is 5.92 Å². The first-order valence-corrected chi connectivity index (χ1v) is 8.10. The summed E-state index contributed by atoms with van der Waals surface area (Å²) in [5, 5.41) is 8.63. The van der Waals surface area contributed by atoms with Gasteiger partial charge in [-0.25, -0.2) is 0 Å². The molecule has 112 valence electrons. The predicted octanol–water partition coefficient (Wildman–Crippen LogP) is 4.57. The largest absolute Gasteiger partial charge is 0.377 e. The van der Waals surface area contributed by atoms with Gasteiger partial charge in [0.05, 0.1) is 16.6 Å². The summed E-state index contributed by atoms with van der Waals surface area (Å²) in [4.78, 5) is 13.1. The molecule has 5 heteroatoms. The zero-order valence-electron chi connectivity index (χ0n) is 12.3. The highest BCUT2D eigenvalue weighted by Gasteiger charge is 2.18. The lowest BCUT2D eigenvalue weighted by Crippen LogP contribution is -2.19. The smallest absolute Gasteiger partial charge is 0.252 e. The van der Waals surface area contributed by atoms with Crippen molar-refractivity contribution in [2.45, 2.75) is 19.9 Å². The number of benzene rings is 1. The standard InChI is InChI=1S/C16H19ClN2OS/c1-10(2)15(14-5-4-8-21-14)19-11-6-7-13(17)12(9-11)16(20)18-3/h4-10,15,19H,1-3H3,(H,18,20). The van der Waals surface area contributed by atoms with Crippen molar-refractivity contribution in [1.82, 2.24) is 5.32 Å². The molecule has 0 aliphatic carbocycles. The van der Waals surface area contributed by atoms with Gasteiger partial charge in [0.25, 0.3) is 5.91 Å². The lowest BCUT2D eigenvalue weighted by atomic mass is 10.0. The van der Waals surface area contributed by atoms with Gasteiger partial charge in [0.15, 0.2) is 0 Å². The lowest BCUT2D eigenvalue weighted by Gasteiger charge is -2.23. The van der Waals surface area contributed by atoms with Gasteiger partial charge in [0, 0.05) is 17.6 Å². The fraction of sp³-hybridized carbons (Fsp3) is 0.312. The molecule has 2 rings (SSSR count). The zero-order valence-corrected chi connectivity index (χ0v) is 13.9. The summed E-state index contributed by atoms with van der Waals surface area (Å²) in [6, 6.07) is 9.83. The van der Waals surface area contributed by atoms with Gasteiger partial charge in [-0.05, 0) is 35.6 Å². The van der Waals surface area contributed by atoms with Crippen molar-refractivity contribution < 1.29 is 4.79 Å². The van der Waals surface area contributed by atoms with Crippen LogP contribution in [0.3, 0.4) is 0 Å². The molecule has 1 amide bonds. The van der Waals surface area contributed by atoms with Gasteiger partial charge in [-0.1, -0.05) is 31.5 Å². The molecule has 0 saturated heterocycles. The van der Waals surface area contributed by atoms with Crippen LogP contribution in [0.25, 0.3) is 0 Å². The Morgan fingerprint density at radius 1 is 1.29 bits per heavy atom. The van der Waals surface area contributed by atoms with Gasteiger partial charge in [-0.3, -0.25) is 4.79 Å². The average molecular weight is 323 g/mol. The summed E-state index contributed by atoms with van der Waals surface area (Å²) in [7, 11) is 1.60. The fourth-order valence-corrected chi connectivity index (χ4v) is 3.29. The molecule has 3 nitrogen and oxygen atoms in total. The minimum atomic E-state index is -0.180. The quantitative estimate of drug-likeness (QED) is 0.846. The Hall–Kier alpha value is -1.52. The molecule has 1 aromatic heterocycles. The summed E-state index contributed by atoms with van der Waals surface area (Å²) in [5.41, 5.74) is 1.38. The first kappa shape index (κ1) is 15.9. The fourth-order valence-electron chi connectivity index (χ4n) is 2.14. The molecule has 0 spiro atoms. The molecule has 0 bridgehead atoms. The predicted molar refractivity (Wildman–Crippen MR) is 90.4 cm³/mol. The van der Waals surface area contributed by atoms with Gasteiger partial charge in [-0.2, -0.15) is 0 Å². The number of hydrogen-bond donors (Lipinski definition) is 2. The number of thiophene rings is 1. The van der Waals surface area contributed by atoms with Crippen molar-refractivity contribution in [1.29, 1.82) is 0 Å². The molecular formula is C16H19ClN2OS. The molecule has 0 radical (unpaired) electrons. The van der Waals surface area contributed by atoms with Crippen LogP contribution in [0.1, 0.15) is 35.1 Å². The monoisotopic (exact) mass is 322 g/mol. The number of anilines is 1. The highest BCUT2D eigenvalue weighted by molar-refractivity contribution is 7.10. The van der Waals surface area contributed by atoms with Gasteiger partial charge >= 0.3 is 0 Å². The topological polar surface area (TPSA) is 41.1 Å². The number of hydrogen-bond acceptors (Lipinski definition) is 3. The van der Waals surface area contributed by atoms with E-state index in [2.05, 4.69) is 42.0 Å². The Morgan fingerprint density at radius 3 is 2.62 bits per heavy atom. The molecule has 0 fully saturated rings. The van der Waals surface area contributed by atoms with E-state index in [1.54, 1.807) is 30.5 Å². The average Bonchev–Trinajstić information content (AvgIpc) is 2.99. The highest BCUT2D eigenvalue weighted by atomic mass is 35.5. The van der Waals surface area contributed by atoms with Crippen molar-refractivity contribution in [3.63, 3.8) is 0 Å². The third-order valence-corrected chi connectivity index (χ3v) is 4.56. The molecule has 0 saturated carbocycles. The molecule has 1 heterocycles. The van der Waals surface area contributed by atoms with E-state index >= 15 is 0 Å². The third kappa shape index (κ3) is 3.77. The van der Waals surface area contributed by atoms with Crippen LogP contribution >= 0.6 is 22.9 Å². The van der Waals surface area contributed by atoms with E-state index < -0.39 is 0 Å². The second-order valence-corrected chi connectivity index (χ2v) is 6.54. The van der Waals surface area contributed by atoms with E-state index in [1.165, 1.54) is 4.88 Å². The molecule has 2 aromatic rings. The Bertz CT molecular complexity index is 611. The van der Waals surface area contributed by atoms with Gasteiger partial charge in [-0.15, -0.1) is 11.3 Å². The van der Waals surface area contributed by atoms with E-state index in [1.807, 2.05) is 6.07 Å². The summed E-state index contributed by atoms with van der Waals surface area (Å²) in [5.74, 6) is 0.253. The molecule has 1 unspecified atom stereocenters. The normalized spacial score (nSPS) is 12.2. The summed E-state index contributed by atoms with van der Waals surface area (Å²) in [6.45, 7) is 4.35. The van der Waals surface area contributed by atoms with Gasteiger partial charge < -0.3 is 10.6 Å². The molecule has 0 aliphatic rings. The van der Waals surface area contributed by atoms with E-state index in [-0.39, 0.29) is 11.9 Å². The molecule has 2 N–H and O–H groups in total. The lowest BCUT2D eigenvalue weighted by molar-refractivity contribution is 0.0963. The number of amides is 1. The van der Waals surface area contributed by atoms with Crippen LogP contribution in [0.2, 0.25) is 5.02 Å². The highest BCUT2D eigenvalue weighted by Crippen LogP contribution is 2.31. The first-order valence-electron chi connectivity index (χ1n) is 6.84. The minimum Gasteiger partial charge on any atom is -0.377 e. The molecule has 21 heavy (non-hydrogen) atoms. The zero-order chi connectivity index (χ0) is 15.4. The minimum absolute atomic E-state index is 0.180. The van der Waals surface area contributed by atoms with Crippen molar-refractivity contribution in [2.75, 3.05) is 12.4 Å². The van der Waals surface area contributed by atoms with Crippen molar-refractivity contribution in [3.8, 4) is 0 Å². The summed E-state index contributed by atoms with van der Waals surface area (Å²) >= 11 is 7.81. The maximum atomic E-state index is 11.8. The molecule has 1 atom stereocenters. The summed E-state index contributed by atoms with van der Waals surface area (Å²) in [6.07, 6.45) is 0. The van der Waals surface area contributed by atoms with Crippen LogP contribution in [0.15, 0.2) is 35.7 Å². The van der Waals surface area contributed by atoms with Crippen LogP contribution in [-0.2, 0) is 0 Å². The van der Waals surface area contributed by atoms with Crippen molar-refractivity contribution in [2.24, 2.45) is 5.92 Å². The van der Waals surface area contributed by atoms with Crippen molar-refractivity contribution in [3.05, 3.63) is 51.2 Å². The van der Waals surface area contributed by atoms with Crippen LogP contribution in [0.5, 0.6) is 0 Å². The number of halogens is 1.